The van der Waals surface area contributed by atoms with Crippen molar-refractivity contribution in [2.45, 2.75) is 26.8 Å². The Labute approximate surface area is 97.5 Å². The Balaban J connectivity index is 2.58. The summed E-state index contributed by atoms with van der Waals surface area (Å²) in [6.07, 6.45) is 0. The predicted molar refractivity (Wildman–Crippen MR) is 70.8 cm³/mol. The number of hydrogen-bond acceptors (Lipinski definition) is 1. The van der Waals surface area contributed by atoms with Crippen molar-refractivity contribution in [2.75, 3.05) is 6.54 Å². The summed E-state index contributed by atoms with van der Waals surface area (Å²) in [5.74, 6) is 0. The van der Waals surface area contributed by atoms with Crippen molar-refractivity contribution < 1.29 is 0 Å². The highest BCUT2D eigenvalue weighted by atomic mass is 14.9. The van der Waals surface area contributed by atoms with Crippen LogP contribution in [0.5, 0.6) is 0 Å². The van der Waals surface area contributed by atoms with Gasteiger partial charge in [-0.15, -0.1) is 0 Å². The molecule has 0 aliphatic rings. The van der Waals surface area contributed by atoms with Gasteiger partial charge in [-0.1, -0.05) is 43.3 Å². The Morgan fingerprint density at radius 2 is 1.75 bits per heavy atom. The number of benzene rings is 2. The second-order valence-corrected chi connectivity index (χ2v) is 4.30. The van der Waals surface area contributed by atoms with E-state index in [1.807, 2.05) is 0 Å². The minimum atomic E-state index is 0.412. The second kappa shape index (κ2) is 4.67. The third kappa shape index (κ3) is 1.96. The van der Waals surface area contributed by atoms with Crippen LogP contribution in [0.15, 0.2) is 36.4 Å². The van der Waals surface area contributed by atoms with E-state index in [-0.39, 0.29) is 0 Å². The molecule has 16 heavy (non-hydrogen) atoms. The highest BCUT2D eigenvalue weighted by Gasteiger charge is 2.08. The molecule has 0 saturated heterocycles. The Kier molecular flexibility index (Phi) is 3.25. The van der Waals surface area contributed by atoms with E-state index in [9.17, 15) is 0 Å². The summed E-state index contributed by atoms with van der Waals surface area (Å²) in [5.41, 5.74) is 2.74. The van der Waals surface area contributed by atoms with Crippen molar-refractivity contribution in [1.82, 2.24) is 5.32 Å². The molecule has 1 atom stereocenters. The van der Waals surface area contributed by atoms with Crippen molar-refractivity contribution in [2.24, 2.45) is 0 Å². The molecule has 0 aliphatic heterocycles. The van der Waals surface area contributed by atoms with Crippen LogP contribution in [0.3, 0.4) is 0 Å². The zero-order valence-corrected chi connectivity index (χ0v) is 10.2. The van der Waals surface area contributed by atoms with E-state index in [0.717, 1.165) is 6.54 Å². The Morgan fingerprint density at radius 3 is 2.44 bits per heavy atom. The monoisotopic (exact) mass is 213 g/mol. The molecule has 0 aromatic heterocycles. The molecule has 0 amide bonds. The fourth-order valence-electron chi connectivity index (χ4n) is 2.27. The van der Waals surface area contributed by atoms with E-state index < -0.39 is 0 Å². The highest BCUT2D eigenvalue weighted by Crippen LogP contribution is 2.26. The van der Waals surface area contributed by atoms with Gasteiger partial charge in [-0.25, -0.2) is 0 Å². The molecule has 1 heteroatoms. The number of aryl methyl sites for hydroxylation is 1. The number of rotatable bonds is 3. The summed E-state index contributed by atoms with van der Waals surface area (Å²) in [4.78, 5) is 0. The summed E-state index contributed by atoms with van der Waals surface area (Å²) < 4.78 is 0. The van der Waals surface area contributed by atoms with Gasteiger partial charge in [-0.05, 0) is 42.3 Å². The Hall–Kier alpha value is -1.34. The SMILES string of the molecule is CCNC(C)c1ccc(C)c2ccccc12. The van der Waals surface area contributed by atoms with Crippen molar-refractivity contribution in [3.05, 3.63) is 47.5 Å². The van der Waals surface area contributed by atoms with Crippen LogP contribution in [0.4, 0.5) is 0 Å². The molecule has 0 heterocycles. The quantitative estimate of drug-likeness (QED) is 0.817. The normalized spacial score (nSPS) is 12.9. The van der Waals surface area contributed by atoms with E-state index in [4.69, 9.17) is 0 Å². The van der Waals surface area contributed by atoms with Gasteiger partial charge in [0.25, 0.3) is 0 Å². The molecule has 0 saturated carbocycles. The molecule has 1 unspecified atom stereocenters. The third-order valence-electron chi connectivity index (χ3n) is 3.15. The van der Waals surface area contributed by atoms with Crippen molar-refractivity contribution in [3.63, 3.8) is 0 Å². The molecule has 84 valence electrons. The molecular formula is C15H19N. The molecule has 0 aliphatic carbocycles. The lowest BCUT2D eigenvalue weighted by molar-refractivity contribution is 0.602. The maximum absolute atomic E-state index is 3.47. The van der Waals surface area contributed by atoms with Gasteiger partial charge < -0.3 is 5.32 Å². The van der Waals surface area contributed by atoms with E-state index in [1.54, 1.807) is 0 Å². The van der Waals surface area contributed by atoms with E-state index in [1.165, 1.54) is 21.9 Å². The standard InChI is InChI=1S/C15H19N/c1-4-16-12(3)14-10-9-11(2)13-7-5-6-8-15(13)14/h5-10,12,16H,4H2,1-3H3. The van der Waals surface area contributed by atoms with Gasteiger partial charge in [0.2, 0.25) is 0 Å². The smallest absolute Gasteiger partial charge is 0.0297 e. The van der Waals surface area contributed by atoms with Crippen LogP contribution in [0.1, 0.15) is 31.0 Å². The van der Waals surface area contributed by atoms with Crippen LogP contribution < -0.4 is 5.32 Å². The van der Waals surface area contributed by atoms with Gasteiger partial charge in [0, 0.05) is 6.04 Å². The zero-order valence-electron chi connectivity index (χ0n) is 10.2. The maximum Gasteiger partial charge on any atom is 0.0297 e. The van der Waals surface area contributed by atoms with Crippen molar-refractivity contribution in [1.29, 1.82) is 0 Å². The van der Waals surface area contributed by atoms with Crippen molar-refractivity contribution in [3.8, 4) is 0 Å². The zero-order chi connectivity index (χ0) is 11.5. The molecule has 0 spiro atoms. The summed E-state index contributed by atoms with van der Waals surface area (Å²) in [5, 5.41) is 6.21. The van der Waals surface area contributed by atoms with Crippen LogP contribution in [-0.4, -0.2) is 6.54 Å². The summed E-state index contributed by atoms with van der Waals surface area (Å²) >= 11 is 0. The van der Waals surface area contributed by atoms with Gasteiger partial charge in [-0.3, -0.25) is 0 Å². The minimum Gasteiger partial charge on any atom is -0.310 e. The van der Waals surface area contributed by atoms with Crippen molar-refractivity contribution >= 4 is 10.8 Å². The number of nitrogens with one attached hydrogen (secondary N) is 1. The Morgan fingerprint density at radius 1 is 1.06 bits per heavy atom. The molecule has 0 bridgehead atoms. The maximum atomic E-state index is 3.47. The molecule has 0 fully saturated rings. The first-order valence-corrected chi connectivity index (χ1v) is 5.95. The lowest BCUT2D eigenvalue weighted by Gasteiger charge is -2.16. The van der Waals surface area contributed by atoms with Crippen LogP contribution >= 0.6 is 0 Å². The van der Waals surface area contributed by atoms with Crippen LogP contribution in [0, 0.1) is 6.92 Å². The summed E-state index contributed by atoms with van der Waals surface area (Å²) in [6.45, 7) is 7.54. The molecule has 2 rings (SSSR count). The van der Waals surface area contributed by atoms with E-state index in [0.29, 0.717) is 6.04 Å². The molecule has 1 nitrogen and oxygen atoms in total. The minimum absolute atomic E-state index is 0.412. The average Bonchev–Trinajstić information content (AvgIpc) is 2.30. The highest BCUT2D eigenvalue weighted by molar-refractivity contribution is 5.88. The lowest BCUT2D eigenvalue weighted by Crippen LogP contribution is -2.17. The second-order valence-electron chi connectivity index (χ2n) is 4.30. The first-order valence-electron chi connectivity index (χ1n) is 5.95. The van der Waals surface area contributed by atoms with Crippen LogP contribution in [-0.2, 0) is 0 Å². The van der Waals surface area contributed by atoms with Crippen LogP contribution in [0.2, 0.25) is 0 Å². The molecular weight excluding hydrogens is 194 g/mol. The fourth-order valence-corrected chi connectivity index (χ4v) is 2.27. The van der Waals surface area contributed by atoms with Crippen LogP contribution in [0.25, 0.3) is 10.8 Å². The van der Waals surface area contributed by atoms with Gasteiger partial charge in [0.15, 0.2) is 0 Å². The molecule has 0 radical (unpaired) electrons. The number of fused-ring (bicyclic) bond motifs is 1. The third-order valence-corrected chi connectivity index (χ3v) is 3.15. The van der Waals surface area contributed by atoms with E-state index >= 15 is 0 Å². The fraction of sp³-hybridized carbons (Fsp3) is 0.333. The molecule has 2 aromatic rings. The van der Waals surface area contributed by atoms with E-state index in [2.05, 4.69) is 62.5 Å². The average molecular weight is 213 g/mol. The van der Waals surface area contributed by atoms with Gasteiger partial charge >= 0.3 is 0 Å². The van der Waals surface area contributed by atoms with Gasteiger partial charge in [0.05, 0.1) is 0 Å². The first-order chi connectivity index (χ1) is 7.74. The first kappa shape index (κ1) is 11.2. The predicted octanol–water partition coefficient (Wildman–Crippen LogP) is 3.82. The summed E-state index contributed by atoms with van der Waals surface area (Å²) in [6, 6.07) is 13.5. The lowest BCUT2D eigenvalue weighted by atomic mass is 9.96. The molecule has 1 N–H and O–H groups in total. The Bertz CT molecular complexity index is 488. The number of hydrogen-bond donors (Lipinski definition) is 1. The summed E-state index contributed by atoms with van der Waals surface area (Å²) in [7, 11) is 0. The largest absolute Gasteiger partial charge is 0.310 e. The van der Waals surface area contributed by atoms with Gasteiger partial charge in [-0.2, -0.15) is 0 Å². The molecule has 2 aromatic carbocycles. The van der Waals surface area contributed by atoms with Gasteiger partial charge in [0.1, 0.15) is 0 Å². The topological polar surface area (TPSA) is 12.0 Å².